The first-order valence-electron chi connectivity index (χ1n) is 5.09. The fourth-order valence-electron chi connectivity index (χ4n) is 1.86. The topological polar surface area (TPSA) is 29.5 Å². The van der Waals surface area contributed by atoms with E-state index in [2.05, 4.69) is 6.58 Å². The number of amides is 1. The fourth-order valence-corrected chi connectivity index (χ4v) is 1.86. The number of ether oxygens (including phenoxy) is 1. The maximum Gasteiger partial charge on any atom is 0.413 e. The Morgan fingerprint density at radius 1 is 1.36 bits per heavy atom. The summed E-state index contributed by atoms with van der Waals surface area (Å²) in [5.41, 5.74) is 2.39. The molecule has 0 atom stereocenters. The second-order valence-corrected chi connectivity index (χ2v) is 3.77. The van der Waals surface area contributed by atoms with Crippen molar-refractivity contribution in [1.29, 1.82) is 0 Å². The SMILES string of the molecule is C=C1CCCC/C1=C\N1CCOC1=O. The van der Waals surface area contributed by atoms with Crippen LogP contribution in [0.5, 0.6) is 0 Å². The van der Waals surface area contributed by atoms with Crippen LogP contribution < -0.4 is 0 Å². The van der Waals surface area contributed by atoms with Gasteiger partial charge in [0, 0.05) is 6.20 Å². The number of allylic oxidation sites excluding steroid dienone is 2. The van der Waals surface area contributed by atoms with E-state index in [4.69, 9.17) is 4.74 Å². The van der Waals surface area contributed by atoms with Crippen molar-refractivity contribution in [1.82, 2.24) is 4.90 Å². The molecular weight excluding hydrogens is 178 g/mol. The third kappa shape index (κ3) is 1.81. The average Bonchev–Trinajstić information content (AvgIpc) is 2.56. The molecule has 76 valence electrons. The van der Waals surface area contributed by atoms with Gasteiger partial charge in [-0.25, -0.2) is 4.79 Å². The first-order valence-corrected chi connectivity index (χ1v) is 5.09. The van der Waals surface area contributed by atoms with Crippen LogP contribution in [0, 0.1) is 0 Å². The molecule has 0 aromatic rings. The Labute approximate surface area is 84.0 Å². The molecule has 0 N–H and O–H groups in total. The Morgan fingerprint density at radius 3 is 2.79 bits per heavy atom. The van der Waals surface area contributed by atoms with Crippen molar-refractivity contribution in [2.24, 2.45) is 0 Å². The van der Waals surface area contributed by atoms with Gasteiger partial charge in [0.2, 0.25) is 0 Å². The maximum atomic E-state index is 11.2. The van der Waals surface area contributed by atoms with Crippen LogP contribution in [-0.4, -0.2) is 24.1 Å². The minimum atomic E-state index is -0.226. The molecule has 1 amide bonds. The van der Waals surface area contributed by atoms with Crippen molar-refractivity contribution in [2.45, 2.75) is 25.7 Å². The van der Waals surface area contributed by atoms with Gasteiger partial charge in [0.15, 0.2) is 0 Å². The summed E-state index contributed by atoms with van der Waals surface area (Å²) in [6.45, 7) is 5.20. The molecule has 0 bridgehead atoms. The van der Waals surface area contributed by atoms with Gasteiger partial charge in [-0.3, -0.25) is 4.90 Å². The molecule has 0 aromatic heterocycles. The van der Waals surface area contributed by atoms with Crippen molar-refractivity contribution >= 4 is 6.09 Å². The number of rotatable bonds is 1. The van der Waals surface area contributed by atoms with Crippen LogP contribution in [0.2, 0.25) is 0 Å². The number of hydrogen-bond acceptors (Lipinski definition) is 2. The molecule has 1 saturated heterocycles. The molecule has 2 rings (SSSR count). The number of nitrogens with zero attached hydrogens (tertiary/aromatic N) is 1. The van der Waals surface area contributed by atoms with E-state index >= 15 is 0 Å². The first kappa shape index (κ1) is 9.31. The van der Waals surface area contributed by atoms with Crippen molar-refractivity contribution in [3.8, 4) is 0 Å². The van der Waals surface area contributed by atoms with E-state index in [1.807, 2.05) is 6.20 Å². The molecule has 0 unspecified atom stereocenters. The molecule has 1 aliphatic heterocycles. The predicted molar refractivity (Wildman–Crippen MR) is 53.7 cm³/mol. The van der Waals surface area contributed by atoms with E-state index in [0.717, 1.165) is 12.8 Å². The Bertz CT molecular complexity index is 294. The normalized spacial score (nSPS) is 25.7. The lowest BCUT2D eigenvalue weighted by atomic mass is 9.91. The summed E-state index contributed by atoms with van der Waals surface area (Å²) >= 11 is 0. The molecule has 0 spiro atoms. The Balaban J connectivity index is 2.08. The fraction of sp³-hybridized carbons (Fsp3) is 0.545. The highest BCUT2D eigenvalue weighted by Gasteiger charge is 2.21. The second kappa shape index (κ2) is 3.86. The van der Waals surface area contributed by atoms with Gasteiger partial charge in [-0.1, -0.05) is 12.2 Å². The number of carbonyl (C=O) groups excluding carboxylic acids is 1. The molecule has 1 heterocycles. The predicted octanol–water partition coefficient (Wildman–Crippen LogP) is 2.45. The minimum Gasteiger partial charge on any atom is -0.447 e. The highest BCUT2D eigenvalue weighted by atomic mass is 16.6. The van der Waals surface area contributed by atoms with Gasteiger partial charge in [-0.05, 0) is 31.3 Å². The van der Waals surface area contributed by atoms with E-state index in [-0.39, 0.29) is 6.09 Å². The first-order chi connectivity index (χ1) is 6.77. The summed E-state index contributed by atoms with van der Waals surface area (Å²) in [5, 5.41) is 0. The van der Waals surface area contributed by atoms with Gasteiger partial charge in [0.1, 0.15) is 6.61 Å². The molecule has 0 radical (unpaired) electrons. The monoisotopic (exact) mass is 193 g/mol. The largest absolute Gasteiger partial charge is 0.447 e. The van der Waals surface area contributed by atoms with Gasteiger partial charge < -0.3 is 4.74 Å². The van der Waals surface area contributed by atoms with Crippen molar-refractivity contribution in [3.63, 3.8) is 0 Å². The van der Waals surface area contributed by atoms with E-state index < -0.39 is 0 Å². The lowest BCUT2D eigenvalue weighted by molar-refractivity contribution is 0.166. The lowest BCUT2D eigenvalue weighted by Crippen LogP contribution is -2.18. The molecule has 1 saturated carbocycles. The third-order valence-corrected chi connectivity index (χ3v) is 2.73. The highest BCUT2D eigenvalue weighted by Crippen LogP contribution is 2.27. The van der Waals surface area contributed by atoms with Gasteiger partial charge >= 0.3 is 6.09 Å². The average molecular weight is 193 g/mol. The molecule has 2 fully saturated rings. The van der Waals surface area contributed by atoms with Crippen molar-refractivity contribution in [2.75, 3.05) is 13.2 Å². The van der Waals surface area contributed by atoms with Crippen LogP contribution in [0.15, 0.2) is 23.9 Å². The van der Waals surface area contributed by atoms with Crippen molar-refractivity contribution in [3.05, 3.63) is 23.9 Å². The van der Waals surface area contributed by atoms with E-state index in [9.17, 15) is 4.79 Å². The van der Waals surface area contributed by atoms with Crippen LogP contribution in [0.1, 0.15) is 25.7 Å². The van der Waals surface area contributed by atoms with Crippen LogP contribution >= 0.6 is 0 Å². The Morgan fingerprint density at radius 2 is 2.14 bits per heavy atom. The standard InChI is InChI=1S/C11H15NO2/c1-9-4-2-3-5-10(9)8-12-6-7-14-11(12)13/h8H,1-7H2/b10-8+. The Hall–Kier alpha value is -1.25. The minimum absolute atomic E-state index is 0.226. The number of carbonyl (C=O) groups is 1. The van der Waals surface area contributed by atoms with Gasteiger partial charge in [-0.15, -0.1) is 0 Å². The Kier molecular flexibility index (Phi) is 2.57. The van der Waals surface area contributed by atoms with Crippen LogP contribution in [-0.2, 0) is 4.74 Å². The molecule has 0 aromatic carbocycles. The summed E-state index contributed by atoms with van der Waals surface area (Å²) in [5.74, 6) is 0. The molecule has 14 heavy (non-hydrogen) atoms. The number of cyclic esters (lactones) is 1. The zero-order valence-corrected chi connectivity index (χ0v) is 8.29. The summed E-state index contributed by atoms with van der Waals surface area (Å²) in [6.07, 6.45) is 6.22. The van der Waals surface area contributed by atoms with Crippen LogP contribution in [0.3, 0.4) is 0 Å². The smallest absolute Gasteiger partial charge is 0.413 e. The zero-order valence-electron chi connectivity index (χ0n) is 8.29. The summed E-state index contributed by atoms with van der Waals surface area (Å²) in [4.78, 5) is 12.8. The van der Waals surface area contributed by atoms with Gasteiger partial charge in [-0.2, -0.15) is 0 Å². The molecule has 1 aliphatic carbocycles. The van der Waals surface area contributed by atoms with Crippen LogP contribution in [0.4, 0.5) is 4.79 Å². The summed E-state index contributed by atoms with van der Waals surface area (Å²) in [7, 11) is 0. The summed E-state index contributed by atoms with van der Waals surface area (Å²) in [6, 6.07) is 0. The highest BCUT2D eigenvalue weighted by molar-refractivity contribution is 5.70. The molecule has 2 aliphatic rings. The van der Waals surface area contributed by atoms with E-state index in [1.165, 1.54) is 24.0 Å². The van der Waals surface area contributed by atoms with E-state index in [0.29, 0.717) is 13.2 Å². The second-order valence-electron chi connectivity index (χ2n) is 3.77. The number of hydrogen-bond donors (Lipinski definition) is 0. The zero-order chi connectivity index (χ0) is 9.97. The quantitative estimate of drug-likeness (QED) is 0.640. The van der Waals surface area contributed by atoms with Crippen molar-refractivity contribution < 1.29 is 9.53 Å². The molecule has 3 nitrogen and oxygen atoms in total. The molecular formula is C11H15NO2. The van der Waals surface area contributed by atoms with Crippen LogP contribution in [0.25, 0.3) is 0 Å². The maximum absolute atomic E-state index is 11.2. The van der Waals surface area contributed by atoms with Gasteiger partial charge in [0.25, 0.3) is 0 Å². The molecule has 3 heteroatoms. The van der Waals surface area contributed by atoms with Gasteiger partial charge in [0.05, 0.1) is 6.54 Å². The lowest BCUT2D eigenvalue weighted by Gasteiger charge is -2.18. The van der Waals surface area contributed by atoms with E-state index in [1.54, 1.807) is 4.90 Å². The summed E-state index contributed by atoms with van der Waals surface area (Å²) < 4.78 is 4.85. The third-order valence-electron chi connectivity index (χ3n) is 2.73.